The second-order valence-corrected chi connectivity index (χ2v) is 7.03. The van der Waals surface area contributed by atoms with Gasteiger partial charge in [0.15, 0.2) is 0 Å². The Balaban J connectivity index is 2.71. The highest BCUT2D eigenvalue weighted by Gasteiger charge is 2.44. The normalized spacial score (nSPS) is 18.9. The average molecular weight is 289 g/mol. The number of hydrogen-bond donors (Lipinski definition) is 2. The van der Waals surface area contributed by atoms with Crippen LogP contribution in [0.2, 0.25) is 0 Å². The van der Waals surface area contributed by atoms with Crippen LogP contribution in [0.4, 0.5) is 5.69 Å². The second-order valence-electron chi connectivity index (χ2n) is 7.03. The molecule has 1 aromatic rings. The van der Waals surface area contributed by atoms with Gasteiger partial charge in [-0.05, 0) is 31.9 Å². The van der Waals surface area contributed by atoms with E-state index in [1.807, 2.05) is 18.4 Å². The molecule has 1 unspecified atom stereocenters. The lowest BCUT2D eigenvalue weighted by Gasteiger charge is -2.27. The number of carboxylic acids is 1. The molecule has 0 fully saturated rings. The van der Waals surface area contributed by atoms with Crippen LogP contribution in [0, 0.1) is 26.2 Å². The van der Waals surface area contributed by atoms with Crippen LogP contribution in [0.15, 0.2) is 12.1 Å². The van der Waals surface area contributed by atoms with Crippen LogP contribution in [0.25, 0.3) is 0 Å². The smallest absolute Gasteiger partial charge is 0.419 e. The highest BCUT2D eigenvalue weighted by atomic mass is 16.4. The molecule has 1 aromatic carbocycles. The summed E-state index contributed by atoms with van der Waals surface area (Å²) in [7, 11) is 0. The van der Waals surface area contributed by atoms with Crippen LogP contribution in [-0.4, -0.2) is 34.1 Å². The van der Waals surface area contributed by atoms with Crippen molar-refractivity contribution in [2.45, 2.75) is 47.6 Å². The third kappa shape index (κ3) is 2.80. The zero-order valence-corrected chi connectivity index (χ0v) is 13.7. The fourth-order valence-electron chi connectivity index (χ4n) is 3.22. The van der Waals surface area contributed by atoms with Crippen molar-refractivity contribution in [3.63, 3.8) is 0 Å². The summed E-state index contributed by atoms with van der Waals surface area (Å²) in [4.78, 5) is 11.6. The zero-order chi connectivity index (χ0) is 15.9. The van der Waals surface area contributed by atoms with Crippen LogP contribution in [0.3, 0.4) is 0 Å². The molecular weight excluding hydrogens is 264 g/mol. The minimum atomic E-state index is -0.902. The maximum atomic E-state index is 11.6. The summed E-state index contributed by atoms with van der Waals surface area (Å²) >= 11 is 0. The first-order chi connectivity index (χ1) is 9.62. The van der Waals surface area contributed by atoms with Crippen molar-refractivity contribution in [2.24, 2.45) is 5.41 Å². The number of rotatable bonds is 2. The van der Waals surface area contributed by atoms with E-state index >= 15 is 0 Å². The van der Waals surface area contributed by atoms with Crippen molar-refractivity contribution in [3.05, 3.63) is 28.8 Å². The van der Waals surface area contributed by atoms with Crippen molar-refractivity contribution < 1.29 is 14.5 Å². The van der Waals surface area contributed by atoms with E-state index in [9.17, 15) is 9.90 Å². The molecule has 0 saturated carbocycles. The number of benzene rings is 1. The zero-order valence-electron chi connectivity index (χ0n) is 13.7. The van der Waals surface area contributed by atoms with Gasteiger partial charge in [-0.15, -0.1) is 0 Å². The van der Waals surface area contributed by atoms with Gasteiger partial charge >= 0.3 is 11.8 Å². The Kier molecular flexibility index (Phi) is 3.83. The summed E-state index contributed by atoms with van der Waals surface area (Å²) in [5.41, 5.74) is 4.43. The Morgan fingerprint density at radius 1 is 1.24 bits per heavy atom. The first-order valence-electron chi connectivity index (χ1n) is 7.34. The molecule has 21 heavy (non-hydrogen) atoms. The molecule has 0 amide bonds. The average Bonchev–Trinajstić information content (AvgIpc) is 2.71. The summed E-state index contributed by atoms with van der Waals surface area (Å²) < 4.78 is 1.98. The topological polar surface area (TPSA) is 52.3 Å². The van der Waals surface area contributed by atoms with Gasteiger partial charge in [0, 0.05) is 5.41 Å². The van der Waals surface area contributed by atoms with Gasteiger partial charge < -0.3 is 5.11 Å². The fourth-order valence-corrected chi connectivity index (χ4v) is 3.22. The number of carbonyl (C=O) groups is 1. The van der Waals surface area contributed by atoms with Crippen molar-refractivity contribution in [2.75, 3.05) is 6.54 Å². The van der Waals surface area contributed by atoms with Crippen molar-refractivity contribution >= 4 is 17.5 Å². The fraction of sp³-hybridized carbons (Fsp3) is 0.529. The lowest BCUT2D eigenvalue weighted by molar-refractivity contribution is -0.492. The van der Waals surface area contributed by atoms with Gasteiger partial charge in [-0.3, -0.25) is 5.32 Å². The number of aryl methyl sites for hydroxylation is 3. The Morgan fingerprint density at radius 3 is 2.19 bits per heavy atom. The molecule has 114 valence electrons. The van der Waals surface area contributed by atoms with Gasteiger partial charge in [0.05, 0.1) is 0 Å². The summed E-state index contributed by atoms with van der Waals surface area (Å²) in [5, 5.41) is 12.6. The van der Waals surface area contributed by atoms with Crippen molar-refractivity contribution in [1.29, 1.82) is 0 Å². The Morgan fingerprint density at radius 2 is 1.76 bits per heavy atom. The first-order valence-corrected chi connectivity index (χ1v) is 7.34. The first kappa shape index (κ1) is 15.5. The molecule has 0 bridgehead atoms. The highest BCUT2D eigenvalue weighted by molar-refractivity contribution is 6.32. The number of hydrogen-bond acceptors (Lipinski definition) is 2. The van der Waals surface area contributed by atoms with E-state index in [1.165, 1.54) is 5.56 Å². The lowest BCUT2D eigenvalue weighted by atomic mass is 9.86. The van der Waals surface area contributed by atoms with E-state index in [-0.39, 0.29) is 17.3 Å². The van der Waals surface area contributed by atoms with Crippen molar-refractivity contribution in [3.8, 4) is 0 Å². The van der Waals surface area contributed by atoms with E-state index in [0.717, 1.165) is 16.8 Å². The molecule has 0 aliphatic carbocycles. The third-order valence-corrected chi connectivity index (χ3v) is 4.09. The number of aliphatic carboxylic acids is 1. The molecule has 0 saturated heterocycles. The number of nitrogens with one attached hydrogen (secondary N) is 1. The molecule has 4 nitrogen and oxygen atoms in total. The molecule has 2 rings (SSSR count). The van der Waals surface area contributed by atoms with E-state index < -0.39 is 5.97 Å². The summed E-state index contributed by atoms with van der Waals surface area (Å²) in [6.07, 6.45) is 0. The number of amidine groups is 1. The quantitative estimate of drug-likeness (QED) is 0.823. The Bertz CT molecular complexity index is 601. The van der Waals surface area contributed by atoms with Crippen LogP contribution < -0.4 is 5.32 Å². The van der Waals surface area contributed by atoms with Crippen LogP contribution in [-0.2, 0) is 4.79 Å². The molecule has 0 spiro atoms. The predicted octanol–water partition coefficient (Wildman–Crippen LogP) is 2.76. The van der Waals surface area contributed by atoms with Gasteiger partial charge in [0.25, 0.3) is 0 Å². The molecule has 1 heterocycles. The second kappa shape index (κ2) is 5.17. The minimum absolute atomic E-state index is 0.0199. The van der Waals surface area contributed by atoms with Crippen LogP contribution in [0.5, 0.6) is 0 Å². The Labute approximate surface area is 126 Å². The third-order valence-electron chi connectivity index (χ3n) is 4.09. The van der Waals surface area contributed by atoms with E-state index in [2.05, 4.69) is 45.1 Å². The minimum Gasteiger partial charge on any atom is -0.472 e. The Hall–Kier alpha value is -1.84. The molecule has 4 heteroatoms. The number of nitrogens with zero attached hydrogens (tertiary/aromatic N) is 1. The van der Waals surface area contributed by atoms with Crippen molar-refractivity contribution in [1.82, 2.24) is 5.32 Å². The van der Waals surface area contributed by atoms with Gasteiger partial charge in [-0.2, -0.15) is 0 Å². The standard InChI is InChI=1S/C17H24N2O2/c1-10-7-11(2)14(12(3)8-10)19-13(17(4,5)6)9-18-15(19)16(20)21/h7-8,13H,9H2,1-6H3,(H,20,21)/p+1. The van der Waals surface area contributed by atoms with Gasteiger partial charge in [-0.25, -0.2) is 9.37 Å². The molecule has 0 radical (unpaired) electrons. The molecule has 0 aromatic heterocycles. The van der Waals surface area contributed by atoms with E-state index in [4.69, 9.17) is 0 Å². The van der Waals surface area contributed by atoms with Crippen LogP contribution >= 0.6 is 0 Å². The summed E-state index contributed by atoms with van der Waals surface area (Å²) in [6, 6.07) is 4.34. The van der Waals surface area contributed by atoms with Gasteiger partial charge in [0.2, 0.25) is 0 Å². The van der Waals surface area contributed by atoms with Gasteiger partial charge in [0.1, 0.15) is 18.3 Å². The number of carboxylic acid groups (broad SMARTS) is 1. The highest BCUT2D eigenvalue weighted by Crippen LogP contribution is 2.33. The predicted molar refractivity (Wildman–Crippen MR) is 84.5 cm³/mol. The molecule has 1 aliphatic rings. The van der Waals surface area contributed by atoms with Gasteiger partial charge in [-0.1, -0.05) is 38.5 Å². The monoisotopic (exact) mass is 289 g/mol. The molecular formula is C17H25N2O2+. The van der Waals surface area contributed by atoms with E-state index in [1.54, 1.807) is 0 Å². The van der Waals surface area contributed by atoms with E-state index in [0.29, 0.717) is 6.54 Å². The largest absolute Gasteiger partial charge is 0.472 e. The molecule has 1 aliphatic heterocycles. The maximum absolute atomic E-state index is 11.6. The maximum Gasteiger partial charge on any atom is 0.419 e. The summed E-state index contributed by atoms with van der Waals surface area (Å²) in [6.45, 7) is 13.3. The lowest BCUT2D eigenvalue weighted by Crippen LogP contribution is -2.37. The summed E-state index contributed by atoms with van der Waals surface area (Å²) in [5.74, 6) is -0.619. The molecule has 1 atom stereocenters. The van der Waals surface area contributed by atoms with Crippen LogP contribution in [0.1, 0.15) is 37.5 Å². The SMILES string of the molecule is Cc1cc(C)c([N+]2=C(C(=O)O)NCC2C(C)(C)C)c(C)c1. The molecule has 2 N–H and O–H groups in total.